The first-order chi connectivity index (χ1) is 7.19. The highest BCUT2D eigenvalue weighted by atomic mass is 19.1. The Bertz CT molecular complexity index is 386. The molecule has 1 aliphatic rings. The van der Waals surface area contributed by atoms with Gasteiger partial charge in [-0.05, 0) is 12.1 Å². The molecule has 0 fully saturated rings. The predicted molar refractivity (Wildman–Crippen MR) is 49.5 cm³/mol. The Morgan fingerprint density at radius 1 is 1.33 bits per heavy atom. The minimum atomic E-state index is -0.653. The molecule has 0 spiro atoms. The minimum Gasteiger partial charge on any atom is -0.392 e. The SMILES string of the molecule is OCC1CC(c2cc(F)cc(F)c2)=NO1. The summed E-state index contributed by atoms with van der Waals surface area (Å²) in [7, 11) is 0. The van der Waals surface area contributed by atoms with E-state index in [2.05, 4.69) is 5.16 Å². The number of hydrogen-bond donors (Lipinski definition) is 1. The topological polar surface area (TPSA) is 41.8 Å². The van der Waals surface area contributed by atoms with Gasteiger partial charge in [0, 0.05) is 18.1 Å². The minimum absolute atomic E-state index is 0.162. The van der Waals surface area contributed by atoms with Crippen LogP contribution in [0.2, 0.25) is 0 Å². The average Bonchev–Trinajstić information content (AvgIpc) is 2.64. The van der Waals surface area contributed by atoms with E-state index in [0.717, 1.165) is 6.07 Å². The summed E-state index contributed by atoms with van der Waals surface area (Å²) in [6.07, 6.45) is -0.0503. The Morgan fingerprint density at radius 3 is 2.53 bits per heavy atom. The van der Waals surface area contributed by atoms with Crippen LogP contribution in [-0.4, -0.2) is 23.5 Å². The summed E-state index contributed by atoms with van der Waals surface area (Å²) in [5.41, 5.74) is 0.802. The van der Waals surface area contributed by atoms with Gasteiger partial charge in [0.1, 0.15) is 11.6 Å². The van der Waals surface area contributed by atoms with Crippen molar-refractivity contribution in [2.24, 2.45) is 5.16 Å². The molecule has 0 saturated carbocycles. The van der Waals surface area contributed by atoms with Gasteiger partial charge in [0.05, 0.1) is 12.3 Å². The summed E-state index contributed by atoms with van der Waals surface area (Å²) in [5.74, 6) is -1.31. The molecule has 1 aliphatic heterocycles. The summed E-state index contributed by atoms with van der Waals surface area (Å²) in [6, 6.07) is 3.17. The molecule has 2 rings (SSSR count). The third-order valence-electron chi connectivity index (χ3n) is 2.13. The van der Waals surface area contributed by atoms with Crippen LogP contribution in [-0.2, 0) is 4.84 Å². The molecule has 1 unspecified atom stereocenters. The summed E-state index contributed by atoms with van der Waals surface area (Å²) < 4.78 is 25.8. The predicted octanol–water partition coefficient (Wildman–Crippen LogP) is 1.45. The lowest BCUT2D eigenvalue weighted by Crippen LogP contribution is -2.12. The molecule has 3 nitrogen and oxygen atoms in total. The Hall–Kier alpha value is -1.49. The van der Waals surface area contributed by atoms with Gasteiger partial charge in [0.25, 0.3) is 0 Å². The molecule has 5 heteroatoms. The van der Waals surface area contributed by atoms with E-state index < -0.39 is 17.7 Å². The standard InChI is InChI=1S/C10H9F2NO2/c11-7-1-6(2-8(12)3-7)10-4-9(5-14)15-13-10/h1-3,9,14H,4-5H2. The molecule has 0 bridgehead atoms. The number of nitrogens with zero attached hydrogens (tertiary/aromatic N) is 1. The molecule has 1 N–H and O–H groups in total. The smallest absolute Gasteiger partial charge is 0.156 e. The molecule has 0 amide bonds. The van der Waals surface area contributed by atoms with Gasteiger partial charge in [-0.1, -0.05) is 5.16 Å². The fourth-order valence-corrected chi connectivity index (χ4v) is 1.42. The lowest BCUT2D eigenvalue weighted by molar-refractivity contribution is 0.0390. The second kappa shape index (κ2) is 3.94. The van der Waals surface area contributed by atoms with Gasteiger partial charge in [-0.2, -0.15) is 0 Å². The van der Waals surface area contributed by atoms with E-state index >= 15 is 0 Å². The van der Waals surface area contributed by atoms with Crippen molar-refractivity contribution in [3.05, 3.63) is 35.4 Å². The average molecular weight is 213 g/mol. The highest BCUT2D eigenvalue weighted by Gasteiger charge is 2.21. The third kappa shape index (κ3) is 2.12. The van der Waals surface area contributed by atoms with Crippen molar-refractivity contribution >= 4 is 5.71 Å². The highest BCUT2D eigenvalue weighted by Crippen LogP contribution is 2.18. The molecule has 1 heterocycles. The van der Waals surface area contributed by atoms with Crippen LogP contribution in [0.15, 0.2) is 23.4 Å². The molecule has 0 aromatic heterocycles. The summed E-state index contributed by atoms with van der Waals surface area (Å²) in [4.78, 5) is 4.84. The first-order valence-electron chi connectivity index (χ1n) is 4.49. The molecule has 1 aromatic rings. The quantitative estimate of drug-likeness (QED) is 0.807. The van der Waals surface area contributed by atoms with Crippen LogP contribution >= 0.6 is 0 Å². The van der Waals surface area contributed by atoms with E-state index in [0.29, 0.717) is 17.7 Å². The van der Waals surface area contributed by atoms with Gasteiger partial charge < -0.3 is 9.94 Å². The van der Waals surface area contributed by atoms with Crippen molar-refractivity contribution < 1.29 is 18.7 Å². The van der Waals surface area contributed by atoms with Gasteiger partial charge in [-0.15, -0.1) is 0 Å². The van der Waals surface area contributed by atoms with E-state index in [1.807, 2.05) is 0 Å². The van der Waals surface area contributed by atoms with Crippen LogP contribution < -0.4 is 0 Å². The van der Waals surface area contributed by atoms with Crippen LogP contribution in [0.3, 0.4) is 0 Å². The molecular formula is C10H9F2NO2. The Kier molecular flexibility index (Phi) is 2.64. The largest absolute Gasteiger partial charge is 0.392 e. The van der Waals surface area contributed by atoms with Crippen molar-refractivity contribution in [3.8, 4) is 0 Å². The van der Waals surface area contributed by atoms with E-state index in [1.165, 1.54) is 12.1 Å². The molecule has 15 heavy (non-hydrogen) atoms. The maximum absolute atomic E-state index is 12.9. The zero-order valence-corrected chi connectivity index (χ0v) is 7.78. The van der Waals surface area contributed by atoms with Crippen molar-refractivity contribution in [1.29, 1.82) is 0 Å². The van der Waals surface area contributed by atoms with Gasteiger partial charge in [-0.25, -0.2) is 8.78 Å². The second-order valence-corrected chi connectivity index (χ2v) is 3.31. The van der Waals surface area contributed by atoms with Crippen molar-refractivity contribution in [2.45, 2.75) is 12.5 Å². The van der Waals surface area contributed by atoms with Crippen LogP contribution in [0.4, 0.5) is 8.78 Å². The molecule has 0 radical (unpaired) electrons. The number of oxime groups is 1. The van der Waals surface area contributed by atoms with E-state index in [4.69, 9.17) is 9.94 Å². The first-order valence-corrected chi connectivity index (χ1v) is 4.49. The molecule has 1 atom stereocenters. The monoisotopic (exact) mass is 213 g/mol. The van der Waals surface area contributed by atoms with Crippen LogP contribution in [0, 0.1) is 11.6 Å². The van der Waals surface area contributed by atoms with Crippen LogP contribution in [0.25, 0.3) is 0 Å². The number of benzene rings is 1. The Balaban J connectivity index is 2.24. The third-order valence-corrected chi connectivity index (χ3v) is 2.13. The lowest BCUT2D eigenvalue weighted by atomic mass is 10.1. The molecule has 80 valence electrons. The molecule has 1 aromatic carbocycles. The van der Waals surface area contributed by atoms with Crippen LogP contribution in [0.1, 0.15) is 12.0 Å². The van der Waals surface area contributed by atoms with Crippen molar-refractivity contribution in [2.75, 3.05) is 6.61 Å². The fraction of sp³-hybridized carbons (Fsp3) is 0.300. The summed E-state index contributed by atoms with van der Waals surface area (Å²) >= 11 is 0. The molecular weight excluding hydrogens is 204 g/mol. The molecule has 0 aliphatic carbocycles. The highest BCUT2D eigenvalue weighted by molar-refractivity contribution is 6.01. The number of aliphatic hydroxyl groups excluding tert-OH is 1. The number of hydrogen-bond acceptors (Lipinski definition) is 3. The van der Waals surface area contributed by atoms with E-state index in [1.54, 1.807) is 0 Å². The lowest BCUT2D eigenvalue weighted by Gasteiger charge is -2.02. The Labute approximate surface area is 85.0 Å². The van der Waals surface area contributed by atoms with Crippen molar-refractivity contribution in [1.82, 2.24) is 0 Å². The van der Waals surface area contributed by atoms with Gasteiger partial charge in [0.15, 0.2) is 6.10 Å². The van der Waals surface area contributed by atoms with Crippen molar-refractivity contribution in [3.63, 3.8) is 0 Å². The van der Waals surface area contributed by atoms with Gasteiger partial charge in [0.2, 0.25) is 0 Å². The number of rotatable bonds is 2. The van der Waals surface area contributed by atoms with Crippen LogP contribution in [0.5, 0.6) is 0 Å². The number of halogens is 2. The fourth-order valence-electron chi connectivity index (χ4n) is 1.42. The maximum Gasteiger partial charge on any atom is 0.156 e. The zero-order valence-electron chi connectivity index (χ0n) is 7.78. The Morgan fingerprint density at radius 2 is 2.00 bits per heavy atom. The van der Waals surface area contributed by atoms with Gasteiger partial charge in [-0.3, -0.25) is 0 Å². The first kappa shape index (κ1) is 10.0. The normalized spacial score (nSPS) is 19.9. The zero-order chi connectivity index (χ0) is 10.8. The number of aliphatic hydroxyl groups is 1. The maximum atomic E-state index is 12.9. The summed E-state index contributed by atoms with van der Waals surface area (Å²) in [5, 5.41) is 12.5. The second-order valence-electron chi connectivity index (χ2n) is 3.31. The van der Waals surface area contributed by atoms with Gasteiger partial charge >= 0.3 is 0 Å². The molecule has 0 saturated heterocycles. The van der Waals surface area contributed by atoms with E-state index in [-0.39, 0.29) is 6.61 Å². The summed E-state index contributed by atoms with van der Waals surface area (Å²) in [6.45, 7) is -0.162. The van der Waals surface area contributed by atoms with E-state index in [9.17, 15) is 8.78 Å².